The molecule has 1 aliphatic heterocycles. The van der Waals surface area contributed by atoms with E-state index in [0.29, 0.717) is 0 Å². The molecular weight excluding hydrogens is 258 g/mol. The van der Waals surface area contributed by atoms with E-state index >= 15 is 0 Å². The molecule has 0 saturated heterocycles. The normalized spacial score (nSPS) is 17.1. The van der Waals surface area contributed by atoms with Crippen molar-refractivity contribution < 1.29 is 4.74 Å². The summed E-state index contributed by atoms with van der Waals surface area (Å²) in [7, 11) is 0. The Balaban J connectivity index is 2.22. The standard InChI is InChI=1S/C19H29NO/c1-13-10-15(19(3,4)5)11-14(2)16(13)12-17(20)18-8-6-7-9-21-18/h8,10-11,17H,6-7,9,12,20H2,1-5H3. The average Bonchev–Trinajstić information content (AvgIpc) is 2.42. The van der Waals surface area contributed by atoms with Gasteiger partial charge in [-0.05, 0) is 66.9 Å². The van der Waals surface area contributed by atoms with Crippen molar-refractivity contribution in [3.8, 4) is 0 Å². The van der Waals surface area contributed by atoms with Crippen LogP contribution in [0.25, 0.3) is 0 Å². The second kappa shape index (κ2) is 6.23. The van der Waals surface area contributed by atoms with Gasteiger partial charge in [0.1, 0.15) is 5.76 Å². The van der Waals surface area contributed by atoms with E-state index in [1.54, 1.807) is 0 Å². The molecule has 1 aromatic rings. The van der Waals surface area contributed by atoms with Crippen molar-refractivity contribution in [2.45, 2.75) is 65.3 Å². The summed E-state index contributed by atoms with van der Waals surface area (Å²) in [5, 5.41) is 0. The Morgan fingerprint density at radius 3 is 2.29 bits per heavy atom. The minimum absolute atomic E-state index is 0.0248. The van der Waals surface area contributed by atoms with Gasteiger partial charge in [-0.25, -0.2) is 0 Å². The number of ether oxygens (including phenoxy) is 1. The van der Waals surface area contributed by atoms with Crippen LogP contribution in [-0.2, 0) is 16.6 Å². The Hall–Kier alpha value is -1.28. The summed E-state index contributed by atoms with van der Waals surface area (Å²) in [6.07, 6.45) is 5.20. The van der Waals surface area contributed by atoms with Crippen molar-refractivity contribution in [2.24, 2.45) is 5.73 Å². The lowest BCUT2D eigenvalue weighted by Crippen LogP contribution is -2.29. The number of hydrogen-bond donors (Lipinski definition) is 1. The van der Waals surface area contributed by atoms with Gasteiger partial charge in [0.05, 0.1) is 12.6 Å². The van der Waals surface area contributed by atoms with E-state index in [0.717, 1.165) is 31.6 Å². The summed E-state index contributed by atoms with van der Waals surface area (Å²) in [5.74, 6) is 0.972. The number of allylic oxidation sites excluding steroid dienone is 1. The molecule has 0 radical (unpaired) electrons. The molecule has 0 aromatic heterocycles. The van der Waals surface area contributed by atoms with E-state index in [9.17, 15) is 0 Å². The maximum absolute atomic E-state index is 6.35. The van der Waals surface area contributed by atoms with Crippen LogP contribution in [0.5, 0.6) is 0 Å². The predicted octanol–water partition coefficient (Wildman–Crippen LogP) is 4.17. The van der Waals surface area contributed by atoms with Gasteiger partial charge < -0.3 is 10.5 Å². The Morgan fingerprint density at radius 2 is 1.81 bits per heavy atom. The summed E-state index contributed by atoms with van der Waals surface area (Å²) in [5.41, 5.74) is 12.0. The quantitative estimate of drug-likeness (QED) is 0.905. The molecule has 0 aliphatic carbocycles. The van der Waals surface area contributed by atoms with Gasteiger partial charge in [-0.1, -0.05) is 32.9 Å². The van der Waals surface area contributed by atoms with Crippen LogP contribution >= 0.6 is 0 Å². The maximum Gasteiger partial charge on any atom is 0.109 e. The predicted molar refractivity (Wildman–Crippen MR) is 89.6 cm³/mol. The van der Waals surface area contributed by atoms with Crippen LogP contribution < -0.4 is 5.73 Å². The first-order valence-electron chi connectivity index (χ1n) is 7.98. The SMILES string of the molecule is Cc1cc(C(C)(C)C)cc(C)c1CC(N)C1=CCCCO1. The maximum atomic E-state index is 6.35. The van der Waals surface area contributed by atoms with E-state index in [2.05, 4.69) is 52.8 Å². The summed E-state index contributed by atoms with van der Waals surface area (Å²) in [6.45, 7) is 12.0. The van der Waals surface area contributed by atoms with Crippen LogP contribution in [0.4, 0.5) is 0 Å². The summed E-state index contributed by atoms with van der Waals surface area (Å²) in [4.78, 5) is 0. The molecular formula is C19H29NO. The highest BCUT2D eigenvalue weighted by atomic mass is 16.5. The highest BCUT2D eigenvalue weighted by molar-refractivity contribution is 5.41. The van der Waals surface area contributed by atoms with Crippen LogP contribution in [0.2, 0.25) is 0 Å². The van der Waals surface area contributed by atoms with Crippen molar-refractivity contribution in [1.29, 1.82) is 0 Å². The van der Waals surface area contributed by atoms with Gasteiger partial charge in [-0.3, -0.25) is 0 Å². The molecule has 1 heterocycles. The highest BCUT2D eigenvalue weighted by Crippen LogP contribution is 2.28. The van der Waals surface area contributed by atoms with E-state index < -0.39 is 0 Å². The van der Waals surface area contributed by atoms with E-state index in [1.165, 1.54) is 22.3 Å². The number of rotatable bonds is 3. The molecule has 21 heavy (non-hydrogen) atoms. The molecule has 0 spiro atoms. The molecule has 2 nitrogen and oxygen atoms in total. The summed E-state index contributed by atoms with van der Waals surface area (Å²) in [6, 6.07) is 4.60. The molecule has 2 rings (SSSR count). The van der Waals surface area contributed by atoms with Gasteiger partial charge in [0.15, 0.2) is 0 Å². The molecule has 1 aromatic carbocycles. The van der Waals surface area contributed by atoms with Crippen molar-refractivity contribution >= 4 is 0 Å². The Kier molecular flexibility index (Phi) is 4.77. The first-order chi connectivity index (χ1) is 9.79. The molecule has 0 fully saturated rings. The molecule has 2 N–H and O–H groups in total. The Morgan fingerprint density at radius 1 is 1.19 bits per heavy atom. The lowest BCUT2D eigenvalue weighted by Gasteiger charge is -2.25. The van der Waals surface area contributed by atoms with Crippen LogP contribution in [0.3, 0.4) is 0 Å². The minimum atomic E-state index is -0.0248. The van der Waals surface area contributed by atoms with Crippen molar-refractivity contribution in [3.05, 3.63) is 46.2 Å². The van der Waals surface area contributed by atoms with Crippen LogP contribution in [0.1, 0.15) is 55.9 Å². The third kappa shape index (κ3) is 3.88. The van der Waals surface area contributed by atoms with Gasteiger partial charge in [-0.15, -0.1) is 0 Å². The summed E-state index contributed by atoms with van der Waals surface area (Å²) < 4.78 is 5.71. The topological polar surface area (TPSA) is 35.2 Å². The van der Waals surface area contributed by atoms with E-state index in [1.807, 2.05) is 0 Å². The molecule has 0 bridgehead atoms. The van der Waals surface area contributed by atoms with Crippen LogP contribution in [0, 0.1) is 13.8 Å². The zero-order chi connectivity index (χ0) is 15.6. The molecule has 116 valence electrons. The second-order valence-electron chi connectivity index (χ2n) is 7.25. The van der Waals surface area contributed by atoms with Gasteiger partial charge in [0.25, 0.3) is 0 Å². The Labute approximate surface area is 129 Å². The highest BCUT2D eigenvalue weighted by Gasteiger charge is 2.19. The first-order valence-corrected chi connectivity index (χ1v) is 7.98. The molecule has 1 unspecified atom stereocenters. The fraction of sp³-hybridized carbons (Fsp3) is 0.579. The number of nitrogens with two attached hydrogens (primary N) is 1. The van der Waals surface area contributed by atoms with Crippen molar-refractivity contribution in [2.75, 3.05) is 6.61 Å². The molecule has 1 aliphatic rings. The Bertz CT molecular complexity index is 514. The van der Waals surface area contributed by atoms with Crippen LogP contribution in [0.15, 0.2) is 24.0 Å². The minimum Gasteiger partial charge on any atom is -0.497 e. The van der Waals surface area contributed by atoms with Crippen LogP contribution in [-0.4, -0.2) is 12.6 Å². The van der Waals surface area contributed by atoms with Gasteiger partial charge in [0, 0.05) is 0 Å². The monoisotopic (exact) mass is 287 g/mol. The van der Waals surface area contributed by atoms with Crippen molar-refractivity contribution in [1.82, 2.24) is 0 Å². The summed E-state index contributed by atoms with van der Waals surface area (Å²) >= 11 is 0. The average molecular weight is 287 g/mol. The molecule has 0 amide bonds. The smallest absolute Gasteiger partial charge is 0.109 e. The van der Waals surface area contributed by atoms with Gasteiger partial charge in [0.2, 0.25) is 0 Å². The van der Waals surface area contributed by atoms with Gasteiger partial charge >= 0.3 is 0 Å². The first kappa shape index (κ1) is 16.1. The molecule has 1 atom stereocenters. The number of benzene rings is 1. The lowest BCUT2D eigenvalue weighted by molar-refractivity contribution is 0.175. The fourth-order valence-electron chi connectivity index (χ4n) is 2.90. The lowest BCUT2D eigenvalue weighted by atomic mass is 9.83. The molecule has 0 saturated carbocycles. The molecule has 2 heteroatoms. The third-order valence-corrected chi connectivity index (χ3v) is 4.31. The van der Waals surface area contributed by atoms with Crippen molar-refractivity contribution in [3.63, 3.8) is 0 Å². The third-order valence-electron chi connectivity index (χ3n) is 4.31. The zero-order valence-corrected chi connectivity index (χ0v) is 14.1. The second-order valence-corrected chi connectivity index (χ2v) is 7.25. The fourth-order valence-corrected chi connectivity index (χ4v) is 2.90. The number of hydrogen-bond acceptors (Lipinski definition) is 2. The van der Waals surface area contributed by atoms with Gasteiger partial charge in [-0.2, -0.15) is 0 Å². The number of aryl methyl sites for hydroxylation is 2. The van der Waals surface area contributed by atoms with E-state index in [-0.39, 0.29) is 11.5 Å². The van der Waals surface area contributed by atoms with E-state index in [4.69, 9.17) is 10.5 Å². The zero-order valence-electron chi connectivity index (χ0n) is 14.1. The largest absolute Gasteiger partial charge is 0.497 e.